The molecule has 0 aliphatic heterocycles. The average molecular weight is 285 g/mol. The first kappa shape index (κ1) is 14.1. The lowest BCUT2D eigenvalue weighted by atomic mass is 9.88. The molecule has 14 heavy (non-hydrogen) atoms. The molecule has 0 N–H and O–H groups in total. The number of rotatable bonds is 3. The van der Waals surface area contributed by atoms with Crippen LogP contribution in [0, 0.1) is 5.41 Å². The molecule has 1 unspecified atom stereocenters. The van der Waals surface area contributed by atoms with Crippen molar-refractivity contribution in [3.05, 3.63) is 0 Å². The summed E-state index contributed by atoms with van der Waals surface area (Å²) in [6.07, 6.45) is 1.32. The van der Waals surface area contributed by atoms with Gasteiger partial charge in [-0.05, 0) is 6.42 Å². The summed E-state index contributed by atoms with van der Waals surface area (Å²) in [7, 11) is -3.43. The number of Topliss-reactive ketones (excluding diaryl/α,β-unsaturated/α-hetero) is 1. The van der Waals surface area contributed by atoms with Crippen molar-refractivity contribution in [2.75, 3.05) is 6.26 Å². The maximum atomic E-state index is 11.9. The summed E-state index contributed by atoms with van der Waals surface area (Å²) < 4.78 is 21.6. The quantitative estimate of drug-likeness (QED) is 0.746. The Hall–Kier alpha value is 0.1000. The molecule has 0 saturated heterocycles. The Balaban J connectivity index is 5.42. The van der Waals surface area contributed by atoms with Gasteiger partial charge in [-0.3, -0.25) is 4.79 Å². The topological polar surface area (TPSA) is 51.2 Å². The van der Waals surface area contributed by atoms with E-state index in [1.165, 1.54) is 0 Å². The third-order valence-corrected chi connectivity index (χ3v) is 6.40. The Morgan fingerprint density at radius 3 is 1.71 bits per heavy atom. The predicted molar refractivity (Wildman–Crippen MR) is 61.3 cm³/mol. The third-order valence-electron chi connectivity index (χ3n) is 2.06. The zero-order valence-electron chi connectivity index (χ0n) is 9.22. The Morgan fingerprint density at radius 1 is 1.29 bits per heavy atom. The molecule has 1 atom stereocenters. The van der Waals surface area contributed by atoms with Crippen LogP contribution in [0.4, 0.5) is 0 Å². The van der Waals surface area contributed by atoms with E-state index < -0.39 is 18.9 Å². The van der Waals surface area contributed by atoms with Crippen LogP contribution < -0.4 is 0 Å². The van der Waals surface area contributed by atoms with E-state index in [0.29, 0.717) is 0 Å². The SMILES string of the molecule is CCC(Br)(C(=O)C(C)(C)C)S(C)(=O)=O. The summed E-state index contributed by atoms with van der Waals surface area (Å²) in [5, 5.41) is 0. The molecular formula is C9H17BrO3S. The Bertz CT molecular complexity index is 326. The number of sulfone groups is 1. The second kappa shape index (κ2) is 3.93. The van der Waals surface area contributed by atoms with E-state index in [4.69, 9.17) is 0 Å². The summed E-state index contributed by atoms with van der Waals surface area (Å²) in [5.74, 6) is -0.296. The van der Waals surface area contributed by atoms with Crippen molar-refractivity contribution in [2.45, 2.75) is 37.8 Å². The van der Waals surface area contributed by atoms with Gasteiger partial charge in [0.15, 0.2) is 19.3 Å². The van der Waals surface area contributed by atoms with E-state index >= 15 is 0 Å². The molecule has 84 valence electrons. The fourth-order valence-electron chi connectivity index (χ4n) is 1.15. The molecule has 0 aromatic rings. The summed E-state index contributed by atoms with van der Waals surface area (Å²) >= 11 is 3.07. The molecule has 0 aliphatic carbocycles. The maximum Gasteiger partial charge on any atom is 0.184 e. The predicted octanol–water partition coefficient (Wildman–Crippen LogP) is 2.15. The first-order valence-electron chi connectivity index (χ1n) is 4.40. The van der Waals surface area contributed by atoms with Crippen molar-refractivity contribution >= 4 is 31.6 Å². The van der Waals surface area contributed by atoms with Crippen LogP contribution in [-0.2, 0) is 14.6 Å². The first-order valence-corrected chi connectivity index (χ1v) is 7.08. The molecule has 0 saturated carbocycles. The van der Waals surface area contributed by atoms with Crippen LogP contribution >= 0.6 is 15.9 Å². The fraction of sp³-hybridized carbons (Fsp3) is 0.889. The van der Waals surface area contributed by atoms with Gasteiger partial charge in [0.2, 0.25) is 0 Å². The van der Waals surface area contributed by atoms with Crippen LogP contribution in [0.2, 0.25) is 0 Å². The van der Waals surface area contributed by atoms with Gasteiger partial charge in [-0.2, -0.15) is 0 Å². The highest BCUT2D eigenvalue weighted by atomic mass is 79.9. The van der Waals surface area contributed by atoms with Crippen LogP contribution in [0.5, 0.6) is 0 Å². The van der Waals surface area contributed by atoms with E-state index in [2.05, 4.69) is 15.9 Å². The van der Waals surface area contributed by atoms with Crippen molar-refractivity contribution in [1.29, 1.82) is 0 Å². The lowest BCUT2D eigenvalue weighted by Crippen LogP contribution is -2.45. The monoisotopic (exact) mass is 284 g/mol. The van der Waals surface area contributed by atoms with Gasteiger partial charge in [-0.25, -0.2) is 8.42 Å². The van der Waals surface area contributed by atoms with Crippen molar-refractivity contribution in [3.63, 3.8) is 0 Å². The lowest BCUT2D eigenvalue weighted by Gasteiger charge is -2.29. The molecule has 0 radical (unpaired) electrons. The van der Waals surface area contributed by atoms with Gasteiger partial charge >= 0.3 is 0 Å². The highest BCUT2D eigenvalue weighted by Gasteiger charge is 2.48. The highest BCUT2D eigenvalue weighted by Crippen LogP contribution is 2.36. The number of ketones is 1. The molecule has 3 nitrogen and oxygen atoms in total. The molecular weight excluding hydrogens is 268 g/mol. The first-order chi connectivity index (χ1) is 5.97. The molecule has 0 aliphatic rings. The molecule has 0 bridgehead atoms. The van der Waals surface area contributed by atoms with Crippen molar-refractivity contribution < 1.29 is 13.2 Å². The zero-order valence-corrected chi connectivity index (χ0v) is 11.6. The van der Waals surface area contributed by atoms with Crippen molar-refractivity contribution in [3.8, 4) is 0 Å². The van der Waals surface area contributed by atoms with Crippen LogP contribution in [-0.4, -0.2) is 24.1 Å². The van der Waals surface area contributed by atoms with Crippen molar-refractivity contribution in [1.82, 2.24) is 0 Å². The largest absolute Gasteiger partial charge is 0.296 e. The normalized spacial score (nSPS) is 17.6. The number of carbonyl (C=O) groups excluding carboxylic acids is 1. The van der Waals surface area contributed by atoms with Gasteiger partial charge in [0, 0.05) is 11.7 Å². The van der Waals surface area contributed by atoms with Gasteiger partial charge in [0.1, 0.15) is 0 Å². The Kier molecular flexibility index (Phi) is 3.96. The molecule has 5 heteroatoms. The van der Waals surface area contributed by atoms with E-state index in [1.54, 1.807) is 27.7 Å². The standard InChI is InChI=1S/C9H17BrO3S/c1-6-9(10,14(5,12)13)7(11)8(2,3)4/h6H2,1-5H3. The van der Waals surface area contributed by atoms with Gasteiger partial charge in [-0.15, -0.1) is 0 Å². The summed E-state index contributed by atoms with van der Waals surface area (Å²) in [6, 6.07) is 0. The summed E-state index contributed by atoms with van der Waals surface area (Å²) in [4.78, 5) is 11.9. The van der Waals surface area contributed by atoms with Crippen LogP contribution in [0.25, 0.3) is 0 Å². The van der Waals surface area contributed by atoms with E-state index in [1.807, 2.05) is 0 Å². The van der Waals surface area contributed by atoms with Gasteiger partial charge in [0.25, 0.3) is 0 Å². The number of halogens is 1. The van der Waals surface area contributed by atoms with Crippen LogP contribution in [0.3, 0.4) is 0 Å². The van der Waals surface area contributed by atoms with Crippen molar-refractivity contribution in [2.24, 2.45) is 5.41 Å². The lowest BCUT2D eigenvalue weighted by molar-refractivity contribution is -0.126. The minimum atomic E-state index is -3.43. The Morgan fingerprint density at radius 2 is 1.64 bits per heavy atom. The van der Waals surface area contributed by atoms with E-state index in [-0.39, 0.29) is 12.2 Å². The second-order valence-corrected chi connectivity index (χ2v) is 8.55. The molecule has 0 rings (SSSR count). The number of alkyl halides is 1. The fourth-order valence-corrected chi connectivity index (χ4v) is 2.91. The molecule has 0 aromatic carbocycles. The zero-order chi connectivity index (χ0) is 11.8. The summed E-state index contributed by atoms with van der Waals surface area (Å²) in [5.41, 5.74) is -0.664. The Labute approximate surface area is 94.3 Å². The molecule has 0 spiro atoms. The molecule has 0 heterocycles. The maximum absolute atomic E-state index is 11.9. The van der Waals surface area contributed by atoms with Gasteiger partial charge < -0.3 is 0 Å². The van der Waals surface area contributed by atoms with Crippen LogP contribution in [0.15, 0.2) is 0 Å². The number of carbonyl (C=O) groups is 1. The molecule has 0 fully saturated rings. The smallest absolute Gasteiger partial charge is 0.184 e. The number of hydrogen-bond acceptors (Lipinski definition) is 3. The molecule has 0 amide bonds. The summed E-state index contributed by atoms with van der Waals surface area (Å²) in [6.45, 7) is 6.82. The minimum absolute atomic E-state index is 0.238. The average Bonchev–Trinajstić information content (AvgIpc) is 1.97. The van der Waals surface area contributed by atoms with Gasteiger partial charge in [0.05, 0.1) is 0 Å². The van der Waals surface area contributed by atoms with Gasteiger partial charge in [-0.1, -0.05) is 43.6 Å². The minimum Gasteiger partial charge on any atom is -0.296 e. The second-order valence-electron chi connectivity index (χ2n) is 4.43. The van der Waals surface area contributed by atoms with E-state index in [0.717, 1.165) is 6.26 Å². The third kappa shape index (κ3) is 2.57. The van der Waals surface area contributed by atoms with E-state index in [9.17, 15) is 13.2 Å². The molecule has 0 aromatic heterocycles. The number of hydrogen-bond donors (Lipinski definition) is 0. The highest BCUT2D eigenvalue weighted by molar-refractivity contribution is 9.12. The van der Waals surface area contributed by atoms with Crippen LogP contribution in [0.1, 0.15) is 34.1 Å².